The van der Waals surface area contributed by atoms with Crippen molar-refractivity contribution in [3.05, 3.63) is 84.6 Å². The van der Waals surface area contributed by atoms with Crippen LogP contribution in [0.4, 0.5) is 39.5 Å². The minimum Gasteiger partial charge on any atom is -0.385 e. The van der Waals surface area contributed by atoms with E-state index in [9.17, 15) is 49.1 Å². The molecule has 0 saturated carbocycles. The molecule has 0 aliphatic heterocycles. The Bertz CT molecular complexity index is 1020. The van der Waals surface area contributed by atoms with Gasteiger partial charge in [-0.1, -0.05) is 70.7 Å². The number of hydrogen-bond acceptors (Lipinski definition) is 3. The number of ketones is 2. The zero-order valence-corrected chi connectivity index (χ0v) is 28.5. The van der Waals surface area contributed by atoms with Gasteiger partial charge in [0.15, 0.2) is 5.78 Å². The minimum absolute atomic E-state index is 0.0201. The van der Waals surface area contributed by atoms with Crippen molar-refractivity contribution < 1.29 is 54.2 Å². The number of alkyl halides is 11. The van der Waals surface area contributed by atoms with E-state index < -0.39 is 47.1 Å². The first-order valence-corrected chi connectivity index (χ1v) is 15.1. The molecule has 0 rings (SSSR count). The Balaban J connectivity index is -0.000000262. The third-order valence-corrected chi connectivity index (χ3v) is 5.46. The summed E-state index contributed by atoms with van der Waals surface area (Å²) >= 11 is 6.86. The minimum atomic E-state index is -4.44. The maximum absolute atomic E-state index is 12.3. The van der Waals surface area contributed by atoms with Crippen LogP contribution in [-0.2, 0) is 9.59 Å². The summed E-state index contributed by atoms with van der Waals surface area (Å²) in [5.74, 6) is -0.391. The normalized spacial score (nSPS) is 12.9. The summed E-state index contributed by atoms with van der Waals surface area (Å²) in [7, 11) is 0. The Kier molecular flexibility index (Phi) is 29.9. The van der Waals surface area contributed by atoms with Crippen molar-refractivity contribution in [2.75, 3.05) is 10.3 Å². The van der Waals surface area contributed by atoms with E-state index in [1.54, 1.807) is 6.08 Å². The lowest BCUT2D eigenvalue weighted by molar-refractivity contribution is -0.124. The van der Waals surface area contributed by atoms with E-state index in [0.717, 1.165) is 24.6 Å². The highest BCUT2D eigenvalue weighted by Gasteiger charge is 2.33. The van der Waals surface area contributed by atoms with Gasteiger partial charge in [0.1, 0.15) is 11.9 Å². The second-order valence-electron chi connectivity index (χ2n) is 9.03. The van der Waals surface area contributed by atoms with E-state index in [1.807, 2.05) is 36.4 Å². The van der Waals surface area contributed by atoms with Crippen molar-refractivity contribution >= 4 is 45.8 Å². The van der Waals surface area contributed by atoms with Gasteiger partial charge in [-0.05, 0) is 59.8 Å². The van der Waals surface area contributed by atoms with Crippen LogP contribution in [0.15, 0.2) is 84.6 Å². The lowest BCUT2D eigenvalue weighted by Crippen LogP contribution is -2.17. The summed E-state index contributed by atoms with van der Waals surface area (Å²) in [6.45, 7) is 16.0. The van der Waals surface area contributed by atoms with Crippen LogP contribution in [0.2, 0.25) is 0 Å². The second kappa shape index (κ2) is 27.0. The summed E-state index contributed by atoms with van der Waals surface area (Å²) < 4.78 is 110. The molecule has 0 bridgehead atoms. The molecule has 260 valence electrons. The van der Waals surface area contributed by atoms with Gasteiger partial charge in [0, 0.05) is 21.1 Å². The monoisotopic (exact) mass is 794 g/mol. The lowest BCUT2D eigenvalue weighted by atomic mass is 10.1. The molecule has 0 aromatic carbocycles. The molecular weight excluding hydrogens is 754 g/mol. The molecule has 0 saturated heterocycles. The Morgan fingerprint density at radius 1 is 0.711 bits per heavy atom. The Morgan fingerprint density at radius 3 is 1.29 bits per heavy atom. The maximum Gasteiger partial charge on any atom is 0.412 e. The summed E-state index contributed by atoms with van der Waals surface area (Å²) in [4.78, 5) is 20.3. The van der Waals surface area contributed by atoms with Crippen LogP contribution < -0.4 is 0 Å². The van der Waals surface area contributed by atoms with Crippen molar-refractivity contribution in [1.82, 2.24) is 0 Å². The first-order chi connectivity index (χ1) is 20.5. The third-order valence-electron chi connectivity index (χ3n) is 4.64. The summed E-state index contributed by atoms with van der Waals surface area (Å²) in [6, 6.07) is 0. The highest BCUT2D eigenvalue weighted by Crippen LogP contribution is 2.30. The Labute approximate surface area is 278 Å². The average molecular weight is 795 g/mol. The molecule has 3 nitrogen and oxygen atoms in total. The molecule has 0 aromatic rings. The van der Waals surface area contributed by atoms with Crippen molar-refractivity contribution in [3.8, 4) is 0 Å². The van der Waals surface area contributed by atoms with E-state index in [0.29, 0.717) is 10.8 Å². The van der Waals surface area contributed by atoms with Crippen molar-refractivity contribution in [1.29, 1.82) is 0 Å². The molecule has 45 heavy (non-hydrogen) atoms. The van der Waals surface area contributed by atoms with Crippen LogP contribution in [0.5, 0.6) is 0 Å². The lowest BCUT2D eigenvalue weighted by Gasteiger charge is -2.10. The fraction of sp³-hybridized carbons (Fsp3) is 0.484. The number of carbonyl (C=O) groups is 2. The fourth-order valence-corrected chi connectivity index (χ4v) is 2.89. The number of aliphatic hydroxyl groups is 1. The van der Waals surface area contributed by atoms with Crippen LogP contribution >= 0.6 is 34.2 Å². The highest BCUT2D eigenvalue weighted by atomic mass is 127. The quantitative estimate of drug-likeness (QED) is 0.0874. The average Bonchev–Trinajstić information content (AvgIpc) is 2.89. The second-order valence-corrected chi connectivity index (χ2v) is 10.2. The molecule has 0 spiro atoms. The zero-order chi connectivity index (χ0) is 36.4. The predicted molar refractivity (Wildman–Crippen MR) is 172 cm³/mol. The summed E-state index contributed by atoms with van der Waals surface area (Å²) in [6.07, 6.45) is -6.18. The van der Waals surface area contributed by atoms with Crippen molar-refractivity contribution in [2.45, 2.75) is 84.4 Å². The van der Waals surface area contributed by atoms with E-state index in [2.05, 4.69) is 19.7 Å². The van der Waals surface area contributed by atoms with Crippen LogP contribution in [0.1, 0.15) is 59.8 Å². The molecule has 14 heteroatoms. The number of allylic oxidation sites excluding steroid dienone is 10. The molecule has 1 N–H and O–H groups in total. The van der Waals surface area contributed by atoms with E-state index >= 15 is 0 Å². The number of carbonyl (C=O) groups excluding carboxylic acids is 2. The SMILES string of the molecule is C=CC/C(=C\CC=C(C)C)C(F)(F)F.C=CC/C(=C\CI)C(F)(F)F.C=CC/C(=C\C[C@H](O)C(C)=O)C(F)(F)F.CC(=O)CCl. The molecule has 0 aliphatic carbocycles. The van der Waals surface area contributed by atoms with Crippen molar-refractivity contribution in [3.63, 3.8) is 0 Å². The third kappa shape index (κ3) is 33.1. The molecule has 0 heterocycles. The van der Waals surface area contributed by atoms with Crippen molar-refractivity contribution in [2.24, 2.45) is 0 Å². The van der Waals surface area contributed by atoms with Gasteiger partial charge in [0.2, 0.25) is 0 Å². The molecular formula is C31H41ClF9IO3. The number of halogens is 11. The van der Waals surface area contributed by atoms with Gasteiger partial charge in [-0.25, -0.2) is 0 Å². The number of aliphatic hydroxyl groups excluding tert-OH is 1. The topological polar surface area (TPSA) is 54.4 Å². The van der Waals surface area contributed by atoms with Gasteiger partial charge in [-0.15, -0.1) is 31.3 Å². The molecule has 1 atom stereocenters. The van der Waals surface area contributed by atoms with E-state index in [1.165, 1.54) is 31.2 Å². The first kappa shape index (κ1) is 49.7. The maximum atomic E-state index is 12.3. The largest absolute Gasteiger partial charge is 0.412 e. The van der Waals surface area contributed by atoms with Crippen LogP contribution in [0.3, 0.4) is 0 Å². The van der Waals surface area contributed by atoms with Crippen LogP contribution in [0.25, 0.3) is 0 Å². The fourth-order valence-electron chi connectivity index (χ4n) is 2.36. The van der Waals surface area contributed by atoms with Gasteiger partial charge in [0.05, 0.1) is 5.88 Å². The highest BCUT2D eigenvalue weighted by molar-refractivity contribution is 14.1. The number of hydrogen-bond donors (Lipinski definition) is 1. The Morgan fingerprint density at radius 2 is 1.04 bits per heavy atom. The van der Waals surface area contributed by atoms with E-state index in [4.69, 9.17) is 16.7 Å². The van der Waals surface area contributed by atoms with E-state index in [-0.39, 0.29) is 37.3 Å². The van der Waals surface area contributed by atoms with Gasteiger partial charge < -0.3 is 5.11 Å². The molecule has 0 amide bonds. The number of rotatable bonds is 13. The summed E-state index contributed by atoms with van der Waals surface area (Å²) in [5, 5.41) is 9.02. The molecule has 0 unspecified atom stereocenters. The van der Waals surface area contributed by atoms with Crippen LogP contribution in [0, 0.1) is 0 Å². The van der Waals surface area contributed by atoms with Gasteiger partial charge >= 0.3 is 18.5 Å². The smallest absolute Gasteiger partial charge is 0.385 e. The number of Topliss-reactive ketones (excluding diaryl/α,β-unsaturated/α-hetero) is 2. The summed E-state index contributed by atoms with van der Waals surface area (Å²) in [5.41, 5.74) is -0.814. The molecule has 0 radical (unpaired) electrons. The van der Waals surface area contributed by atoms with Crippen LogP contribution in [-0.4, -0.2) is 51.6 Å². The first-order valence-electron chi connectivity index (χ1n) is 13.0. The molecule has 0 aliphatic rings. The predicted octanol–water partition coefficient (Wildman–Crippen LogP) is 11.1. The van der Waals surface area contributed by atoms with Gasteiger partial charge in [-0.2, -0.15) is 39.5 Å². The molecule has 0 fully saturated rings. The Hall–Kier alpha value is -2.13. The molecule has 0 aromatic heterocycles. The van der Waals surface area contributed by atoms with Gasteiger partial charge in [-0.3, -0.25) is 9.59 Å². The van der Waals surface area contributed by atoms with Gasteiger partial charge in [0.25, 0.3) is 0 Å². The zero-order valence-electron chi connectivity index (χ0n) is 25.6. The standard InChI is InChI=1S/C11H15F3.C10H13F3O2.C7H8F3I.C3H5ClO/c1-4-6-10(11(12,13)14)8-5-7-9(2)3;1-3-4-8(10(11,12)13)5-6-9(15)7(2)14;1-2-3-6(4-5-11)7(8,9)10;1-3(5)2-4/h4,7-8H,1,5-6H2,2-3H3;3,5,9,15H,1,4,6H2,2H3;2,4H,1,3,5H2;2H2,1H3/b10-8+;8-5+;6-4+;/t;9-;;/m.0../s1.